The predicted molar refractivity (Wildman–Crippen MR) is 90.6 cm³/mol. The van der Waals surface area contributed by atoms with Crippen LogP contribution in [0.5, 0.6) is 11.5 Å². The highest BCUT2D eigenvalue weighted by Gasteiger charge is 2.15. The fourth-order valence-electron chi connectivity index (χ4n) is 2.31. The first-order chi connectivity index (χ1) is 11.2. The van der Waals surface area contributed by atoms with Crippen molar-refractivity contribution in [1.29, 1.82) is 5.26 Å². The van der Waals surface area contributed by atoms with Gasteiger partial charge in [-0.2, -0.15) is 5.26 Å². The van der Waals surface area contributed by atoms with E-state index in [4.69, 9.17) is 37.9 Å². The average Bonchev–Trinajstić information content (AvgIpc) is 2.79. The summed E-state index contributed by atoms with van der Waals surface area (Å²) < 4.78 is 11.3. The van der Waals surface area contributed by atoms with Crippen molar-refractivity contribution in [1.82, 2.24) is 0 Å². The minimum Gasteiger partial charge on any atom is -0.489 e. The molecule has 0 fully saturated rings. The molecule has 0 spiro atoms. The van der Waals surface area contributed by atoms with Gasteiger partial charge in [0.25, 0.3) is 0 Å². The Morgan fingerprint density at radius 1 is 1.09 bits per heavy atom. The number of halogens is 2. The van der Waals surface area contributed by atoms with Crippen molar-refractivity contribution < 1.29 is 9.47 Å². The minimum absolute atomic E-state index is 0.425. The summed E-state index contributed by atoms with van der Waals surface area (Å²) in [6.45, 7) is 1.78. The molecule has 0 atom stereocenters. The molecule has 2 aromatic rings. The number of nitriles is 1. The van der Waals surface area contributed by atoms with Gasteiger partial charge in [-0.25, -0.2) is 0 Å². The third kappa shape index (κ3) is 3.64. The van der Waals surface area contributed by atoms with Crippen LogP contribution < -0.4 is 14.8 Å². The molecule has 1 N–H and O–H groups in total. The SMILES string of the molecule is N#Cc1ccc(NCc2cc(Cl)c3c(c2)OCCCO3)cc1Cl. The van der Waals surface area contributed by atoms with E-state index in [-0.39, 0.29) is 0 Å². The van der Waals surface area contributed by atoms with Gasteiger partial charge in [0.1, 0.15) is 6.07 Å². The van der Waals surface area contributed by atoms with Gasteiger partial charge in [0, 0.05) is 18.7 Å². The van der Waals surface area contributed by atoms with Crippen LogP contribution in [0.15, 0.2) is 30.3 Å². The second-order valence-electron chi connectivity index (χ2n) is 5.12. The third-order valence-electron chi connectivity index (χ3n) is 3.45. The quantitative estimate of drug-likeness (QED) is 0.877. The number of hydrogen-bond donors (Lipinski definition) is 1. The third-order valence-corrected chi connectivity index (χ3v) is 4.04. The highest BCUT2D eigenvalue weighted by molar-refractivity contribution is 6.32. The zero-order valence-electron chi connectivity index (χ0n) is 12.2. The number of nitrogens with one attached hydrogen (secondary N) is 1. The molecule has 0 aliphatic carbocycles. The molecule has 0 amide bonds. The fourth-order valence-corrected chi connectivity index (χ4v) is 2.82. The van der Waals surface area contributed by atoms with Crippen LogP contribution in [0.1, 0.15) is 17.5 Å². The molecule has 0 unspecified atom stereocenters. The zero-order chi connectivity index (χ0) is 16.2. The topological polar surface area (TPSA) is 54.3 Å². The predicted octanol–water partition coefficient (Wildman–Crippen LogP) is 4.64. The molecule has 6 heteroatoms. The number of rotatable bonds is 3. The molecular weight excluding hydrogens is 335 g/mol. The van der Waals surface area contributed by atoms with E-state index in [0.29, 0.717) is 46.9 Å². The van der Waals surface area contributed by atoms with E-state index in [1.807, 2.05) is 24.3 Å². The first kappa shape index (κ1) is 15.8. The molecule has 2 aromatic carbocycles. The zero-order valence-corrected chi connectivity index (χ0v) is 13.7. The second kappa shape index (κ2) is 6.99. The summed E-state index contributed by atoms with van der Waals surface area (Å²) in [5, 5.41) is 13.1. The Labute approximate surface area is 144 Å². The van der Waals surface area contributed by atoms with E-state index in [1.165, 1.54) is 0 Å². The molecule has 0 radical (unpaired) electrons. The molecule has 0 bridgehead atoms. The van der Waals surface area contributed by atoms with Gasteiger partial charge in [0.2, 0.25) is 0 Å². The van der Waals surface area contributed by atoms with Crippen LogP contribution in [0, 0.1) is 11.3 Å². The molecule has 0 aromatic heterocycles. The molecule has 0 saturated carbocycles. The summed E-state index contributed by atoms with van der Waals surface area (Å²) in [6.07, 6.45) is 0.836. The monoisotopic (exact) mass is 348 g/mol. The molecule has 4 nitrogen and oxygen atoms in total. The lowest BCUT2D eigenvalue weighted by Gasteiger charge is -2.13. The van der Waals surface area contributed by atoms with Crippen molar-refractivity contribution in [3.8, 4) is 17.6 Å². The largest absolute Gasteiger partial charge is 0.489 e. The molecule has 0 saturated heterocycles. The maximum Gasteiger partial charge on any atom is 0.179 e. The summed E-state index contributed by atoms with van der Waals surface area (Å²) in [6, 6.07) is 11.0. The Hall–Kier alpha value is -2.09. The van der Waals surface area contributed by atoms with Crippen LogP contribution in [-0.4, -0.2) is 13.2 Å². The molecule has 1 aliphatic heterocycles. The van der Waals surface area contributed by atoms with Crippen molar-refractivity contribution >= 4 is 28.9 Å². The Balaban J connectivity index is 1.76. The number of fused-ring (bicyclic) bond motifs is 1. The first-order valence-electron chi connectivity index (χ1n) is 7.19. The van der Waals surface area contributed by atoms with Gasteiger partial charge in [-0.05, 0) is 35.9 Å². The van der Waals surface area contributed by atoms with Gasteiger partial charge in [0.15, 0.2) is 11.5 Å². The van der Waals surface area contributed by atoms with Gasteiger partial charge in [-0.1, -0.05) is 23.2 Å². The maximum atomic E-state index is 8.89. The van der Waals surface area contributed by atoms with Gasteiger partial charge in [0.05, 0.1) is 28.8 Å². The molecule has 1 aliphatic rings. The van der Waals surface area contributed by atoms with Crippen molar-refractivity contribution in [3.63, 3.8) is 0 Å². The Morgan fingerprint density at radius 3 is 2.70 bits per heavy atom. The van der Waals surface area contributed by atoms with Gasteiger partial charge in [-0.15, -0.1) is 0 Å². The maximum absolute atomic E-state index is 8.89. The van der Waals surface area contributed by atoms with Gasteiger partial charge >= 0.3 is 0 Å². The lowest BCUT2D eigenvalue weighted by atomic mass is 10.1. The van der Waals surface area contributed by atoms with Crippen molar-refractivity contribution in [2.24, 2.45) is 0 Å². The first-order valence-corrected chi connectivity index (χ1v) is 7.94. The summed E-state index contributed by atoms with van der Waals surface area (Å²) in [5.74, 6) is 1.28. The van der Waals surface area contributed by atoms with E-state index < -0.39 is 0 Å². The standard InChI is InChI=1S/C17H14Cl2N2O2/c18-14-8-13(3-2-12(14)9-20)21-10-11-6-15(19)17-16(7-11)22-4-1-5-23-17/h2-3,6-8,21H,1,4-5,10H2. The lowest BCUT2D eigenvalue weighted by molar-refractivity contribution is 0.297. The Morgan fingerprint density at radius 2 is 1.91 bits per heavy atom. The normalized spacial score (nSPS) is 13.1. The lowest BCUT2D eigenvalue weighted by Crippen LogP contribution is -2.01. The molecule has 1 heterocycles. The number of benzene rings is 2. The number of ether oxygens (including phenoxy) is 2. The molecule has 3 rings (SSSR count). The molecule has 23 heavy (non-hydrogen) atoms. The Bertz CT molecular complexity index is 772. The van der Waals surface area contributed by atoms with Crippen LogP contribution in [0.3, 0.4) is 0 Å². The van der Waals surface area contributed by atoms with E-state index >= 15 is 0 Å². The summed E-state index contributed by atoms with van der Waals surface area (Å²) >= 11 is 12.3. The van der Waals surface area contributed by atoms with Gasteiger partial charge in [-0.3, -0.25) is 0 Å². The van der Waals surface area contributed by atoms with E-state index in [0.717, 1.165) is 17.7 Å². The van der Waals surface area contributed by atoms with E-state index in [9.17, 15) is 0 Å². The van der Waals surface area contributed by atoms with E-state index in [2.05, 4.69) is 5.32 Å². The molecular formula is C17H14Cl2N2O2. The highest BCUT2D eigenvalue weighted by atomic mass is 35.5. The second-order valence-corrected chi connectivity index (χ2v) is 5.93. The Kier molecular flexibility index (Phi) is 4.80. The summed E-state index contributed by atoms with van der Waals surface area (Å²) in [5.41, 5.74) is 2.26. The van der Waals surface area contributed by atoms with E-state index in [1.54, 1.807) is 12.1 Å². The van der Waals surface area contributed by atoms with Crippen LogP contribution >= 0.6 is 23.2 Å². The van der Waals surface area contributed by atoms with Crippen LogP contribution in [0.4, 0.5) is 5.69 Å². The smallest absolute Gasteiger partial charge is 0.179 e. The van der Waals surface area contributed by atoms with Crippen molar-refractivity contribution in [3.05, 3.63) is 51.5 Å². The molecule has 118 valence electrons. The number of anilines is 1. The van der Waals surface area contributed by atoms with Crippen LogP contribution in [0.25, 0.3) is 0 Å². The van der Waals surface area contributed by atoms with Crippen LogP contribution in [-0.2, 0) is 6.54 Å². The highest BCUT2D eigenvalue weighted by Crippen LogP contribution is 2.38. The summed E-state index contributed by atoms with van der Waals surface area (Å²) in [7, 11) is 0. The van der Waals surface area contributed by atoms with Crippen molar-refractivity contribution in [2.45, 2.75) is 13.0 Å². The summed E-state index contributed by atoms with van der Waals surface area (Å²) in [4.78, 5) is 0. The van der Waals surface area contributed by atoms with Crippen LogP contribution in [0.2, 0.25) is 10.0 Å². The fraction of sp³-hybridized carbons (Fsp3) is 0.235. The van der Waals surface area contributed by atoms with Crippen molar-refractivity contribution in [2.75, 3.05) is 18.5 Å². The van der Waals surface area contributed by atoms with Gasteiger partial charge < -0.3 is 14.8 Å². The number of hydrogen-bond acceptors (Lipinski definition) is 4. The average molecular weight is 349 g/mol. The minimum atomic E-state index is 0.425. The number of nitrogens with zero attached hydrogens (tertiary/aromatic N) is 1.